The predicted molar refractivity (Wildman–Crippen MR) is 116 cm³/mol. The molecule has 0 radical (unpaired) electrons. The Labute approximate surface area is 184 Å². The second-order valence-corrected chi connectivity index (χ2v) is 7.54. The van der Waals surface area contributed by atoms with Gasteiger partial charge in [0.1, 0.15) is 5.75 Å². The molecule has 10 heteroatoms. The van der Waals surface area contributed by atoms with Crippen molar-refractivity contribution in [3.05, 3.63) is 58.1 Å². The Balaban J connectivity index is 1.68. The highest BCUT2D eigenvalue weighted by atomic mass is 16.6. The Morgan fingerprint density at radius 1 is 1.19 bits per heavy atom. The number of carbonyl (C=O) groups is 3. The van der Waals surface area contributed by atoms with Crippen LogP contribution in [0.15, 0.2) is 42.5 Å². The third-order valence-electron chi connectivity index (χ3n) is 4.89. The van der Waals surface area contributed by atoms with Crippen LogP contribution in [0.1, 0.15) is 30.6 Å². The lowest BCUT2D eigenvalue weighted by Crippen LogP contribution is -2.28. The number of ether oxygens (including phenoxy) is 2. The molecule has 1 atom stereocenters. The van der Waals surface area contributed by atoms with E-state index < -0.39 is 16.8 Å². The average molecular weight is 441 g/mol. The molecule has 0 unspecified atom stereocenters. The molecule has 0 spiro atoms. The van der Waals surface area contributed by atoms with Crippen LogP contribution in [0.3, 0.4) is 0 Å². The van der Waals surface area contributed by atoms with Crippen molar-refractivity contribution in [1.82, 2.24) is 0 Å². The van der Waals surface area contributed by atoms with Crippen LogP contribution < -0.4 is 15.0 Å². The summed E-state index contributed by atoms with van der Waals surface area (Å²) in [7, 11) is 1.36. The number of hydrogen-bond donors (Lipinski definition) is 1. The minimum atomic E-state index is -0.618. The molecule has 1 fully saturated rings. The van der Waals surface area contributed by atoms with E-state index >= 15 is 0 Å². The molecule has 1 heterocycles. The monoisotopic (exact) mass is 441 g/mol. The van der Waals surface area contributed by atoms with Crippen LogP contribution in [0.25, 0.3) is 0 Å². The van der Waals surface area contributed by atoms with Crippen molar-refractivity contribution in [3.63, 3.8) is 0 Å². The standard InChI is InChI=1S/C22H23N3O7/c1-13(2)32-22(28)14-4-6-16(7-5-14)23-21(27)15-10-20(26)24(12-15)18-9-8-17(25(29)30)11-19(18)31-3/h4-9,11,13,15H,10,12H2,1-3H3,(H,23,27)/t15-/m1/s1. The highest BCUT2D eigenvalue weighted by Crippen LogP contribution is 2.36. The van der Waals surface area contributed by atoms with Gasteiger partial charge in [-0.25, -0.2) is 4.79 Å². The fourth-order valence-corrected chi connectivity index (χ4v) is 3.33. The fourth-order valence-electron chi connectivity index (χ4n) is 3.33. The molecule has 0 aliphatic carbocycles. The molecular weight excluding hydrogens is 418 g/mol. The largest absolute Gasteiger partial charge is 0.494 e. The van der Waals surface area contributed by atoms with E-state index in [1.54, 1.807) is 38.1 Å². The number of amides is 2. The van der Waals surface area contributed by atoms with Crippen molar-refractivity contribution in [2.45, 2.75) is 26.4 Å². The fraction of sp³-hybridized carbons (Fsp3) is 0.318. The highest BCUT2D eigenvalue weighted by Gasteiger charge is 2.36. The molecule has 1 N–H and O–H groups in total. The quantitative estimate of drug-likeness (QED) is 0.397. The van der Waals surface area contributed by atoms with Gasteiger partial charge >= 0.3 is 5.97 Å². The third-order valence-corrected chi connectivity index (χ3v) is 4.89. The second kappa shape index (κ2) is 9.46. The predicted octanol–water partition coefficient (Wildman–Crippen LogP) is 3.16. The first-order valence-electron chi connectivity index (χ1n) is 9.94. The minimum Gasteiger partial charge on any atom is -0.494 e. The van der Waals surface area contributed by atoms with E-state index in [0.29, 0.717) is 16.9 Å². The number of nitrogens with zero attached hydrogens (tertiary/aromatic N) is 2. The van der Waals surface area contributed by atoms with Crippen molar-refractivity contribution >= 4 is 34.8 Å². The SMILES string of the molecule is COc1cc([N+](=O)[O-])ccc1N1C[C@H](C(=O)Nc2ccc(C(=O)OC(C)C)cc2)CC1=O. The number of anilines is 2. The molecule has 1 aliphatic rings. The average Bonchev–Trinajstić information content (AvgIpc) is 3.14. The molecule has 3 rings (SSSR count). The van der Waals surface area contributed by atoms with Gasteiger partial charge in [-0.05, 0) is 44.2 Å². The van der Waals surface area contributed by atoms with Crippen LogP contribution in [0, 0.1) is 16.0 Å². The molecule has 0 bridgehead atoms. The normalized spacial score (nSPS) is 15.6. The molecule has 2 amide bonds. The first kappa shape index (κ1) is 22.7. The summed E-state index contributed by atoms with van der Waals surface area (Å²) in [5.41, 5.74) is 1.05. The summed E-state index contributed by atoms with van der Waals surface area (Å²) < 4.78 is 10.3. The van der Waals surface area contributed by atoms with E-state index in [4.69, 9.17) is 9.47 Å². The van der Waals surface area contributed by atoms with Gasteiger partial charge in [-0.3, -0.25) is 19.7 Å². The highest BCUT2D eigenvalue weighted by molar-refractivity contribution is 6.04. The number of rotatable bonds is 7. The summed E-state index contributed by atoms with van der Waals surface area (Å²) in [6.07, 6.45) is -0.246. The van der Waals surface area contributed by atoms with Crippen LogP contribution in [0.2, 0.25) is 0 Å². The Hall–Kier alpha value is -3.95. The first-order chi connectivity index (χ1) is 15.2. The number of nitro groups is 1. The Bertz CT molecular complexity index is 1050. The van der Waals surface area contributed by atoms with Gasteiger partial charge in [0.15, 0.2) is 0 Å². The maximum absolute atomic E-state index is 12.7. The van der Waals surface area contributed by atoms with Gasteiger partial charge in [-0.15, -0.1) is 0 Å². The van der Waals surface area contributed by atoms with Crippen LogP contribution in [0.5, 0.6) is 5.75 Å². The molecule has 2 aromatic rings. The van der Waals surface area contributed by atoms with Gasteiger partial charge in [0.05, 0.1) is 41.4 Å². The zero-order chi connectivity index (χ0) is 23.4. The molecule has 32 heavy (non-hydrogen) atoms. The van der Waals surface area contributed by atoms with Crippen molar-refractivity contribution in [1.29, 1.82) is 0 Å². The molecule has 168 valence electrons. The van der Waals surface area contributed by atoms with Gasteiger partial charge < -0.3 is 19.7 Å². The number of esters is 1. The lowest BCUT2D eigenvalue weighted by molar-refractivity contribution is -0.384. The van der Waals surface area contributed by atoms with E-state index in [0.717, 1.165) is 0 Å². The van der Waals surface area contributed by atoms with Crippen LogP contribution in [-0.4, -0.2) is 42.5 Å². The second-order valence-electron chi connectivity index (χ2n) is 7.54. The van der Waals surface area contributed by atoms with Crippen molar-refractivity contribution in [3.8, 4) is 5.75 Å². The van der Waals surface area contributed by atoms with Gasteiger partial charge in [0.2, 0.25) is 11.8 Å². The van der Waals surface area contributed by atoms with Crippen LogP contribution in [0.4, 0.5) is 17.1 Å². The maximum atomic E-state index is 12.7. The molecule has 2 aromatic carbocycles. The summed E-state index contributed by atoms with van der Waals surface area (Å²) in [5.74, 6) is -1.53. The summed E-state index contributed by atoms with van der Waals surface area (Å²) in [4.78, 5) is 49.0. The molecular formula is C22H23N3O7. The smallest absolute Gasteiger partial charge is 0.338 e. The lowest BCUT2D eigenvalue weighted by Gasteiger charge is -2.19. The summed E-state index contributed by atoms with van der Waals surface area (Å²) in [6.45, 7) is 3.62. The van der Waals surface area contributed by atoms with E-state index in [1.807, 2.05) is 0 Å². The van der Waals surface area contributed by atoms with E-state index in [1.165, 1.54) is 30.2 Å². The van der Waals surface area contributed by atoms with E-state index in [9.17, 15) is 24.5 Å². The molecule has 10 nitrogen and oxygen atoms in total. The van der Waals surface area contributed by atoms with Crippen LogP contribution in [-0.2, 0) is 14.3 Å². The Morgan fingerprint density at radius 2 is 1.88 bits per heavy atom. The molecule has 1 aliphatic heterocycles. The zero-order valence-corrected chi connectivity index (χ0v) is 17.9. The number of nitrogens with one attached hydrogen (secondary N) is 1. The third kappa shape index (κ3) is 5.02. The van der Waals surface area contributed by atoms with E-state index in [2.05, 4.69) is 5.32 Å². The van der Waals surface area contributed by atoms with Crippen molar-refractivity contribution in [2.75, 3.05) is 23.9 Å². The van der Waals surface area contributed by atoms with Gasteiger partial charge in [0, 0.05) is 24.7 Å². The number of hydrogen-bond acceptors (Lipinski definition) is 7. The number of carbonyl (C=O) groups excluding carboxylic acids is 3. The van der Waals surface area contributed by atoms with Crippen LogP contribution >= 0.6 is 0 Å². The summed E-state index contributed by atoms with van der Waals surface area (Å²) in [6, 6.07) is 10.2. The Morgan fingerprint density at radius 3 is 2.47 bits per heavy atom. The number of nitro benzene ring substituents is 1. The number of methoxy groups -OCH3 is 1. The summed E-state index contributed by atoms with van der Waals surface area (Å²) in [5, 5.41) is 13.7. The van der Waals surface area contributed by atoms with Gasteiger partial charge in [0.25, 0.3) is 5.69 Å². The number of benzene rings is 2. The van der Waals surface area contributed by atoms with E-state index in [-0.39, 0.29) is 42.3 Å². The zero-order valence-electron chi connectivity index (χ0n) is 17.9. The number of non-ortho nitro benzene ring substituents is 1. The first-order valence-corrected chi connectivity index (χ1v) is 9.94. The van der Waals surface area contributed by atoms with Gasteiger partial charge in [-0.1, -0.05) is 0 Å². The topological polar surface area (TPSA) is 128 Å². The molecule has 0 aromatic heterocycles. The van der Waals surface area contributed by atoms with Crippen molar-refractivity contribution < 1.29 is 28.8 Å². The maximum Gasteiger partial charge on any atom is 0.338 e. The lowest BCUT2D eigenvalue weighted by atomic mass is 10.1. The molecule has 1 saturated heterocycles. The van der Waals surface area contributed by atoms with Gasteiger partial charge in [-0.2, -0.15) is 0 Å². The Kier molecular flexibility index (Phi) is 6.72. The van der Waals surface area contributed by atoms with Crippen molar-refractivity contribution in [2.24, 2.45) is 5.92 Å². The summed E-state index contributed by atoms with van der Waals surface area (Å²) >= 11 is 0. The minimum absolute atomic E-state index is 0.00915. The molecule has 0 saturated carbocycles.